The van der Waals surface area contributed by atoms with Crippen LogP contribution in [0, 0.1) is 24.1 Å². The molecule has 1 saturated heterocycles. The third-order valence-electron chi connectivity index (χ3n) is 3.05. The zero-order valence-corrected chi connectivity index (χ0v) is 9.77. The van der Waals surface area contributed by atoms with Gasteiger partial charge in [0.25, 0.3) is 0 Å². The molecule has 2 heteroatoms. The lowest BCUT2D eigenvalue weighted by molar-refractivity contribution is 0.375. The fourth-order valence-corrected chi connectivity index (χ4v) is 2.11. The van der Waals surface area contributed by atoms with Gasteiger partial charge in [0.1, 0.15) is 5.82 Å². The highest BCUT2D eigenvalue weighted by Crippen LogP contribution is 2.18. The number of terminal acetylenes is 1. The monoisotopic (exact) mass is 229 g/mol. The van der Waals surface area contributed by atoms with E-state index in [0.717, 1.165) is 31.6 Å². The molecule has 1 atom stereocenters. The van der Waals surface area contributed by atoms with Crippen molar-refractivity contribution in [2.45, 2.75) is 6.42 Å². The molecule has 1 nitrogen and oxygen atoms in total. The lowest BCUT2D eigenvalue weighted by Crippen LogP contribution is -2.20. The Morgan fingerprint density at radius 2 is 2.18 bits per heavy atom. The van der Waals surface area contributed by atoms with Crippen molar-refractivity contribution >= 4 is 6.08 Å². The normalized spacial score (nSPS) is 20.8. The molecule has 1 aliphatic rings. The summed E-state index contributed by atoms with van der Waals surface area (Å²) in [6.45, 7) is 2.84. The van der Waals surface area contributed by atoms with E-state index in [9.17, 15) is 4.39 Å². The number of nitrogens with zero attached hydrogens (tertiary/aromatic N) is 1. The van der Waals surface area contributed by atoms with E-state index in [2.05, 4.69) is 23.0 Å². The van der Waals surface area contributed by atoms with Crippen molar-refractivity contribution < 1.29 is 4.39 Å². The lowest BCUT2D eigenvalue weighted by Gasteiger charge is -2.09. The van der Waals surface area contributed by atoms with Gasteiger partial charge in [-0.2, -0.15) is 0 Å². The molecule has 1 unspecified atom stereocenters. The molecule has 0 N–H and O–H groups in total. The Bertz CT molecular complexity index is 427. The zero-order chi connectivity index (χ0) is 12.1. The van der Waals surface area contributed by atoms with E-state index < -0.39 is 0 Å². The standard InChI is InChI=1S/C15H16FN/c1-2-10-17-11-9-14(12-17)4-3-13-5-7-15(16)8-6-13/h1,3-8,14H,9-12H2/b4-3+. The van der Waals surface area contributed by atoms with Crippen LogP contribution < -0.4 is 0 Å². The number of rotatable bonds is 3. The Hall–Kier alpha value is -1.59. The first kappa shape index (κ1) is 11.9. The van der Waals surface area contributed by atoms with Crippen LogP contribution in [0.15, 0.2) is 30.3 Å². The molecule has 1 aliphatic heterocycles. The number of likely N-dealkylation sites (tertiary alicyclic amines) is 1. The molecule has 0 amide bonds. The molecule has 0 spiro atoms. The summed E-state index contributed by atoms with van der Waals surface area (Å²) in [6.07, 6.45) is 10.7. The van der Waals surface area contributed by atoms with Crippen LogP contribution in [0.3, 0.4) is 0 Å². The number of hydrogen-bond donors (Lipinski definition) is 0. The van der Waals surface area contributed by atoms with Gasteiger partial charge in [0.05, 0.1) is 6.54 Å². The van der Waals surface area contributed by atoms with Gasteiger partial charge >= 0.3 is 0 Å². The van der Waals surface area contributed by atoms with Crippen LogP contribution in [0.2, 0.25) is 0 Å². The highest BCUT2D eigenvalue weighted by Gasteiger charge is 2.18. The second-order valence-corrected chi connectivity index (χ2v) is 4.40. The Morgan fingerprint density at radius 3 is 2.88 bits per heavy atom. The Morgan fingerprint density at radius 1 is 1.41 bits per heavy atom. The van der Waals surface area contributed by atoms with E-state index in [1.165, 1.54) is 12.1 Å². The van der Waals surface area contributed by atoms with Gasteiger partial charge in [-0.15, -0.1) is 6.42 Å². The van der Waals surface area contributed by atoms with Gasteiger partial charge in [-0.3, -0.25) is 4.90 Å². The molecule has 0 aliphatic carbocycles. The average Bonchev–Trinajstić information content (AvgIpc) is 2.77. The van der Waals surface area contributed by atoms with Crippen LogP contribution in [-0.4, -0.2) is 24.5 Å². The molecule has 0 saturated carbocycles. The van der Waals surface area contributed by atoms with E-state index in [0.29, 0.717) is 5.92 Å². The first-order chi connectivity index (χ1) is 8.28. The Kier molecular flexibility index (Phi) is 3.95. The predicted octanol–water partition coefficient (Wildman–Crippen LogP) is 2.79. The maximum Gasteiger partial charge on any atom is 0.123 e. The van der Waals surface area contributed by atoms with Gasteiger partial charge in [0, 0.05) is 6.54 Å². The van der Waals surface area contributed by atoms with Crippen molar-refractivity contribution in [1.29, 1.82) is 0 Å². The molecule has 2 rings (SSSR count). The quantitative estimate of drug-likeness (QED) is 0.720. The molecule has 1 aromatic carbocycles. The zero-order valence-electron chi connectivity index (χ0n) is 9.77. The van der Waals surface area contributed by atoms with Gasteiger partial charge in [-0.05, 0) is 36.6 Å². The van der Waals surface area contributed by atoms with Crippen LogP contribution in [-0.2, 0) is 0 Å². The molecule has 1 aromatic rings. The van der Waals surface area contributed by atoms with Crippen molar-refractivity contribution in [2.24, 2.45) is 5.92 Å². The predicted molar refractivity (Wildman–Crippen MR) is 68.8 cm³/mol. The molecule has 0 radical (unpaired) electrons. The highest BCUT2D eigenvalue weighted by molar-refractivity contribution is 5.49. The smallest absolute Gasteiger partial charge is 0.123 e. The summed E-state index contributed by atoms with van der Waals surface area (Å²) in [5, 5.41) is 0. The van der Waals surface area contributed by atoms with Crippen molar-refractivity contribution in [2.75, 3.05) is 19.6 Å². The summed E-state index contributed by atoms with van der Waals surface area (Å²) >= 11 is 0. The second kappa shape index (κ2) is 5.65. The van der Waals surface area contributed by atoms with E-state index in [4.69, 9.17) is 6.42 Å². The van der Waals surface area contributed by atoms with Gasteiger partial charge in [0.15, 0.2) is 0 Å². The van der Waals surface area contributed by atoms with Crippen LogP contribution in [0.1, 0.15) is 12.0 Å². The molecule has 1 heterocycles. The first-order valence-corrected chi connectivity index (χ1v) is 5.87. The van der Waals surface area contributed by atoms with Crippen molar-refractivity contribution in [3.8, 4) is 12.3 Å². The largest absolute Gasteiger partial charge is 0.292 e. The Balaban J connectivity index is 1.90. The summed E-state index contributed by atoms with van der Waals surface area (Å²) in [5.74, 6) is 3.04. The Labute approximate surface area is 102 Å². The minimum absolute atomic E-state index is 0.191. The first-order valence-electron chi connectivity index (χ1n) is 5.87. The molecular weight excluding hydrogens is 213 g/mol. The summed E-state index contributed by atoms with van der Waals surface area (Å²) < 4.78 is 12.7. The fourth-order valence-electron chi connectivity index (χ4n) is 2.11. The van der Waals surface area contributed by atoms with Crippen molar-refractivity contribution in [3.05, 3.63) is 41.7 Å². The van der Waals surface area contributed by atoms with Crippen molar-refractivity contribution in [3.63, 3.8) is 0 Å². The van der Waals surface area contributed by atoms with Gasteiger partial charge in [-0.1, -0.05) is 30.2 Å². The molecule has 88 valence electrons. The van der Waals surface area contributed by atoms with E-state index in [-0.39, 0.29) is 5.82 Å². The van der Waals surface area contributed by atoms with Crippen LogP contribution >= 0.6 is 0 Å². The third-order valence-corrected chi connectivity index (χ3v) is 3.05. The molecule has 17 heavy (non-hydrogen) atoms. The van der Waals surface area contributed by atoms with E-state index in [1.54, 1.807) is 12.1 Å². The van der Waals surface area contributed by atoms with E-state index in [1.807, 2.05) is 0 Å². The maximum atomic E-state index is 12.7. The number of benzene rings is 1. The average molecular weight is 229 g/mol. The van der Waals surface area contributed by atoms with Gasteiger partial charge < -0.3 is 0 Å². The van der Waals surface area contributed by atoms with E-state index >= 15 is 0 Å². The van der Waals surface area contributed by atoms with Crippen LogP contribution in [0.25, 0.3) is 6.08 Å². The highest BCUT2D eigenvalue weighted by atomic mass is 19.1. The molecule has 1 fully saturated rings. The third kappa shape index (κ3) is 3.44. The summed E-state index contributed by atoms with van der Waals surface area (Å²) in [7, 11) is 0. The van der Waals surface area contributed by atoms with Gasteiger partial charge in [-0.25, -0.2) is 4.39 Å². The lowest BCUT2D eigenvalue weighted by atomic mass is 10.1. The van der Waals surface area contributed by atoms with Crippen LogP contribution in [0.4, 0.5) is 4.39 Å². The van der Waals surface area contributed by atoms with Crippen molar-refractivity contribution in [1.82, 2.24) is 4.90 Å². The molecule has 0 bridgehead atoms. The molecule has 0 aromatic heterocycles. The maximum absolute atomic E-state index is 12.7. The fraction of sp³-hybridized carbons (Fsp3) is 0.333. The summed E-state index contributed by atoms with van der Waals surface area (Å²) in [5.41, 5.74) is 1.04. The number of halogens is 1. The SMILES string of the molecule is C#CCN1CCC(/C=C/c2ccc(F)cc2)C1. The van der Waals surface area contributed by atoms with Gasteiger partial charge in [0.2, 0.25) is 0 Å². The minimum Gasteiger partial charge on any atom is -0.292 e. The summed E-state index contributed by atoms with van der Waals surface area (Å²) in [6, 6.07) is 6.55. The topological polar surface area (TPSA) is 3.24 Å². The van der Waals surface area contributed by atoms with Crippen LogP contribution in [0.5, 0.6) is 0 Å². The summed E-state index contributed by atoms with van der Waals surface area (Å²) in [4.78, 5) is 2.28. The second-order valence-electron chi connectivity index (χ2n) is 4.40. The molecular formula is C15H16FN. The minimum atomic E-state index is -0.191. The number of hydrogen-bond acceptors (Lipinski definition) is 1.